The average molecular weight is 351 g/mol. The second kappa shape index (κ2) is 7.28. The van der Waals surface area contributed by atoms with Gasteiger partial charge in [0.05, 0.1) is 6.21 Å². The van der Waals surface area contributed by atoms with Crippen molar-refractivity contribution in [2.75, 3.05) is 6.61 Å². The third-order valence-corrected chi connectivity index (χ3v) is 3.64. The summed E-state index contributed by atoms with van der Waals surface area (Å²) in [6.45, 7) is 3.54. The summed E-state index contributed by atoms with van der Waals surface area (Å²) in [4.78, 5) is 11.6. The molecule has 0 spiro atoms. The van der Waals surface area contributed by atoms with Crippen LogP contribution in [-0.4, -0.2) is 31.7 Å². The molecule has 0 saturated carbocycles. The highest BCUT2D eigenvalue weighted by Gasteiger charge is 2.07. The van der Waals surface area contributed by atoms with E-state index in [1.165, 1.54) is 6.07 Å². The Morgan fingerprint density at radius 1 is 1.33 bits per heavy atom. The molecule has 0 fully saturated rings. The van der Waals surface area contributed by atoms with E-state index >= 15 is 0 Å². The van der Waals surface area contributed by atoms with Gasteiger partial charge in [0.25, 0.3) is 5.91 Å². The molecule has 1 N–H and O–H groups in total. The maximum atomic E-state index is 11.6. The molecule has 0 aliphatic rings. The van der Waals surface area contributed by atoms with Gasteiger partial charge in [-0.15, -0.1) is 0 Å². The molecular weight excluding hydrogens is 336 g/mol. The van der Waals surface area contributed by atoms with Crippen molar-refractivity contribution in [1.82, 2.24) is 5.43 Å². The molecule has 0 aliphatic heterocycles. The number of hydrogen-bond acceptors (Lipinski definition) is 7. The van der Waals surface area contributed by atoms with Gasteiger partial charge < -0.3 is 13.7 Å². The predicted octanol–water partition coefficient (Wildman–Crippen LogP) is 1.33. The van der Waals surface area contributed by atoms with Crippen molar-refractivity contribution < 1.29 is 26.9 Å². The lowest BCUT2D eigenvalue weighted by Gasteiger charge is -2.08. The Bertz CT molecular complexity index is 870. The second-order valence-corrected chi connectivity index (χ2v) is 6.27. The van der Waals surface area contributed by atoms with E-state index in [9.17, 15) is 17.8 Å². The van der Waals surface area contributed by atoms with Gasteiger partial charge in [0.2, 0.25) is 5.09 Å². The fraction of sp³-hybridized carbons (Fsp3) is 0.200. The number of hydrazone groups is 1. The van der Waals surface area contributed by atoms with Gasteiger partial charge in [0, 0.05) is 0 Å². The normalized spacial score (nSPS) is 11.6. The summed E-state index contributed by atoms with van der Waals surface area (Å²) in [5, 5.41) is 2.88. The number of nitrogens with zero attached hydrogens (tertiary/aromatic N) is 1. The van der Waals surface area contributed by atoms with Gasteiger partial charge in [-0.25, -0.2) is 13.8 Å². The minimum Gasteiger partial charge on any atom is -0.742 e. The van der Waals surface area contributed by atoms with Crippen LogP contribution in [0.3, 0.4) is 0 Å². The van der Waals surface area contributed by atoms with Crippen LogP contribution in [0.5, 0.6) is 5.75 Å². The topological polar surface area (TPSA) is 121 Å². The summed E-state index contributed by atoms with van der Waals surface area (Å²) in [5.41, 5.74) is 4.11. The molecule has 1 aromatic heterocycles. The molecule has 0 bridgehead atoms. The van der Waals surface area contributed by atoms with E-state index in [-0.39, 0.29) is 12.4 Å². The maximum Gasteiger partial charge on any atom is 0.277 e. The Morgan fingerprint density at radius 2 is 2.08 bits per heavy atom. The number of ether oxygens (including phenoxy) is 1. The zero-order valence-electron chi connectivity index (χ0n) is 13.0. The maximum absolute atomic E-state index is 11.6. The van der Waals surface area contributed by atoms with Crippen molar-refractivity contribution in [3.63, 3.8) is 0 Å². The van der Waals surface area contributed by atoms with Gasteiger partial charge in [-0.2, -0.15) is 5.10 Å². The summed E-state index contributed by atoms with van der Waals surface area (Å²) in [6, 6.07) is 7.90. The minimum atomic E-state index is -4.66. The molecular formula is C15H15N2O6S-. The van der Waals surface area contributed by atoms with E-state index in [1.54, 1.807) is 0 Å². The SMILES string of the molecule is Cc1ccc(C)c(OCC(=O)N/N=C\c2ccc(S(=O)(=O)[O-])o2)c1. The monoisotopic (exact) mass is 351 g/mol. The molecule has 2 rings (SSSR count). The van der Waals surface area contributed by atoms with E-state index in [2.05, 4.69) is 10.5 Å². The largest absolute Gasteiger partial charge is 0.742 e. The Kier molecular flexibility index (Phi) is 5.37. The third-order valence-electron chi connectivity index (χ3n) is 2.93. The number of benzene rings is 1. The molecule has 128 valence electrons. The molecule has 1 heterocycles. The van der Waals surface area contributed by atoms with Crippen LogP contribution in [0.25, 0.3) is 0 Å². The number of nitrogens with one attached hydrogen (secondary N) is 1. The fourth-order valence-electron chi connectivity index (χ4n) is 1.74. The Hall–Kier alpha value is -2.65. The minimum absolute atomic E-state index is 0.0140. The zero-order valence-corrected chi connectivity index (χ0v) is 13.8. The van der Waals surface area contributed by atoms with Crippen LogP contribution in [0.1, 0.15) is 16.9 Å². The van der Waals surface area contributed by atoms with E-state index in [1.807, 2.05) is 32.0 Å². The van der Waals surface area contributed by atoms with E-state index in [0.29, 0.717) is 5.75 Å². The van der Waals surface area contributed by atoms with Crippen molar-refractivity contribution in [1.29, 1.82) is 0 Å². The zero-order chi connectivity index (χ0) is 17.7. The number of furan rings is 1. The lowest BCUT2D eigenvalue weighted by atomic mass is 10.1. The molecule has 24 heavy (non-hydrogen) atoms. The standard InChI is InChI=1S/C15H16N2O6S/c1-10-3-4-11(2)13(7-10)22-9-14(18)17-16-8-12-5-6-15(23-12)24(19,20)21/h3-8H,9H2,1-2H3,(H,17,18)(H,19,20,21)/p-1/b16-8-. The number of amides is 1. The quantitative estimate of drug-likeness (QED) is 0.476. The van der Waals surface area contributed by atoms with Gasteiger partial charge in [-0.05, 0) is 43.2 Å². The Balaban J connectivity index is 1.87. The van der Waals surface area contributed by atoms with Crippen LogP contribution in [0, 0.1) is 13.8 Å². The summed E-state index contributed by atoms with van der Waals surface area (Å²) in [7, 11) is -4.66. The molecule has 0 radical (unpaired) electrons. The molecule has 9 heteroatoms. The van der Waals surface area contributed by atoms with Crippen LogP contribution >= 0.6 is 0 Å². The number of aryl methyl sites for hydroxylation is 2. The number of rotatable bonds is 6. The molecule has 1 amide bonds. The van der Waals surface area contributed by atoms with Crippen LogP contribution in [0.2, 0.25) is 0 Å². The van der Waals surface area contributed by atoms with Gasteiger partial charge >= 0.3 is 0 Å². The number of carbonyl (C=O) groups is 1. The van der Waals surface area contributed by atoms with Crippen LogP contribution in [-0.2, 0) is 14.9 Å². The first-order chi connectivity index (χ1) is 11.3. The average Bonchev–Trinajstić information content (AvgIpc) is 2.97. The highest BCUT2D eigenvalue weighted by molar-refractivity contribution is 7.85. The predicted molar refractivity (Wildman–Crippen MR) is 83.8 cm³/mol. The molecule has 8 nitrogen and oxygen atoms in total. The van der Waals surface area contributed by atoms with Crippen LogP contribution in [0.4, 0.5) is 0 Å². The summed E-state index contributed by atoms with van der Waals surface area (Å²) in [5.74, 6) is 0.112. The first-order valence-corrected chi connectivity index (χ1v) is 8.24. The highest BCUT2D eigenvalue weighted by Crippen LogP contribution is 2.18. The van der Waals surface area contributed by atoms with Gasteiger partial charge in [0.15, 0.2) is 16.7 Å². The lowest BCUT2D eigenvalue weighted by Crippen LogP contribution is -2.24. The molecule has 0 unspecified atom stereocenters. The van der Waals surface area contributed by atoms with Crippen molar-refractivity contribution in [3.8, 4) is 5.75 Å². The van der Waals surface area contributed by atoms with E-state index in [4.69, 9.17) is 9.15 Å². The van der Waals surface area contributed by atoms with Crippen molar-refractivity contribution in [3.05, 3.63) is 47.2 Å². The lowest BCUT2D eigenvalue weighted by molar-refractivity contribution is -0.123. The molecule has 0 aliphatic carbocycles. The molecule has 0 saturated heterocycles. The van der Waals surface area contributed by atoms with Gasteiger partial charge in [-0.3, -0.25) is 4.79 Å². The first-order valence-electron chi connectivity index (χ1n) is 6.83. The van der Waals surface area contributed by atoms with Gasteiger partial charge in [-0.1, -0.05) is 12.1 Å². The number of hydrogen-bond donors (Lipinski definition) is 1. The van der Waals surface area contributed by atoms with E-state index < -0.39 is 21.1 Å². The first kappa shape index (κ1) is 17.7. The van der Waals surface area contributed by atoms with Crippen molar-refractivity contribution in [2.45, 2.75) is 18.9 Å². The molecule has 0 atom stereocenters. The molecule has 2 aromatic rings. The van der Waals surface area contributed by atoms with Crippen molar-refractivity contribution in [2.24, 2.45) is 5.10 Å². The third kappa shape index (κ3) is 4.93. The molecule has 1 aromatic carbocycles. The fourth-order valence-corrected chi connectivity index (χ4v) is 2.18. The van der Waals surface area contributed by atoms with Crippen molar-refractivity contribution >= 4 is 22.2 Å². The van der Waals surface area contributed by atoms with Crippen LogP contribution in [0.15, 0.2) is 44.9 Å². The highest BCUT2D eigenvalue weighted by atomic mass is 32.2. The van der Waals surface area contributed by atoms with Gasteiger partial charge in [0.1, 0.15) is 11.5 Å². The summed E-state index contributed by atoms with van der Waals surface area (Å²) < 4.78 is 42.3. The second-order valence-electron chi connectivity index (χ2n) is 4.96. The summed E-state index contributed by atoms with van der Waals surface area (Å²) >= 11 is 0. The number of carbonyl (C=O) groups excluding carboxylic acids is 1. The Morgan fingerprint density at radius 3 is 2.75 bits per heavy atom. The van der Waals surface area contributed by atoms with E-state index in [0.717, 1.165) is 23.4 Å². The smallest absolute Gasteiger partial charge is 0.277 e. The summed E-state index contributed by atoms with van der Waals surface area (Å²) in [6.07, 6.45) is 1.07. The van der Waals surface area contributed by atoms with Crippen LogP contribution < -0.4 is 10.2 Å². The Labute approximate surface area is 138 Å².